The van der Waals surface area contributed by atoms with E-state index in [0.29, 0.717) is 12.6 Å². The molecule has 0 bridgehead atoms. The fourth-order valence-electron chi connectivity index (χ4n) is 2.53. The molecule has 19 heavy (non-hydrogen) atoms. The van der Waals surface area contributed by atoms with Crippen LogP contribution >= 0.6 is 0 Å². The SMILES string of the molecule is CCCNCc1nccn1CC(=O)NC1CCCC1. The van der Waals surface area contributed by atoms with Gasteiger partial charge in [-0.05, 0) is 25.8 Å². The zero-order chi connectivity index (χ0) is 13.5. The standard InChI is InChI=1S/C14H24N4O/c1-2-7-15-10-13-16-8-9-18(13)11-14(19)17-12-5-3-4-6-12/h8-9,12,15H,2-7,10-11H2,1H3,(H,17,19). The van der Waals surface area contributed by atoms with E-state index in [9.17, 15) is 4.79 Å². The van der Waals surface area contributed by atoms with Crippen LogP contribution in [0.1, 0.15) is 44.9 Å². The summed E-state index contributed by atoms with van der Waals surface area (Å²) in [5.74, 6) is 1.02. The maximum atomic E-state index is 12.0. The minimum absolute atomic E-state index is 0.0987. The first-order chi connectivity index (χ1) is 9.29. The fraction of sp³-hybridized carbons (Fsp3) is 0.714. The van der Waals surface area contributed by atoms with Gasteiger partial charge in [-0.15, -0.1) is 0 Å². The van der Waals surface area contributed by atoms with Crippen LogP contribution in [0.5, 0.6) is 0 Å². The molecule has 0 aromatic carbocycles. The molecule has 1 saturated carbocycles. The zero-order valence-electron chi connectivity index (χ0n) is 11.7. The molecule has 0 unspecified atom stereocenters. The van der Waals surface area contributed by atoms with Crippen molar-refractivity contribution in [2.75, 3.05) is 6.54 Å². The molecule has 0 radical (unpaired) electrons. The molecule has 1 aliphatic rings. The Morgan fingerprint density at radius 2 is 2.26 bits per heavy atom. The minimum atomic E-state index is 0.0987. The molecular weight excluding hydrogens is 240 g/mol. The van der Waals surface area contributed by atoms with E-state index < -0.39 is 0 Å². The first kappa shape index (κ1) is 14.1. The average molecular weight is 264 g/mol. The summed E-state index contributed by atoms with van der Waals surface area (Å²) in [5.41, 5.74) is 0. The number of amides is 1. The van der Waals surface area contributed by atoms with Gasteiger partial charge in [0, 0.05) is 18.4 Å². The molecule has 0 aliphatic heterocycles. The van der Waals surface area contributed by atoms with Gasteiger partial charge in [0.25, 0.3) is 0 Å². The number of carbonyl (C=O) groups is 1. The molecule has 0 saturated heterocycles. The Labute approximate surface area is 114 Å². The van der Waals surface area contributed by atoms with Crippen molar-refractivity contribution in [3.05, 3.63) is 18.2 Å². The molecule has 0 spiro atoms. The van der Waals surface area contributed by atoms with Gasteiger partial charge >= 0.3 is 0 Å². The van der Waals surface area contributed by atoms with Crippen LogP contribution in [0.25, 0.3) is 0 Å². The minimum Gasteiger partial charge on any atom is -0.352 e. The lowest BCUT2D eigenvalue weighted by atomic mass is 10.2. The van der Waals surface area contributed by atoms with Gasteiger partial charge in [-0.3, -0.25) is 4.79 Å². The Morgan fingerprint density at radius 3 is 3.00 bits per heavy atom. The summed E-state index contributed by atoms with van der Waals surface area (Å²) in [6.07, 6.45) is 9.46. The molecule has 1 amide bonds. The highest BCUT2D eigenvalue weighted by atomic mass is 16.2. The van der Waals surface area contributed by atoms with E-state index in [2.05, 4.69) is 22.5 Å². The summed E-state index contributed by atoms with van der Waals surface area (Å²) in [6, 6.07) is 0.387. The number of nitrogens with zero attached hydrogens (tertiary/aromatic N) is 2. The quantitative estimate of drug-likeness (QED) is 0.733. The fourth-order valence-corrected chi connectivity index (χ4v) is 2.53. The van der Waals surface area contributed by atoms with E-state index in [-0.39, 0.29) is 5.91 Å². The summed E-state index contributed by atoms with van der Waals surface area (Å²) in [6.45, 7) is 4.20. The first-order valence-electron chi connectivity index (χ1n) is 7.29. The van der Waals surface area contributed by atoms with Gasteiger partial charge in [0.1, 0.15) is 12.4 Å². The van der Waals surface area contributed by atoms with Crippen LogP contribution in [-0.4, -0.2) is 28.0 Å². The third-order valence-electron chi connectivity index (χ3n) is 3.55. The lowest BCUT2D eigenvalue weighted by Gasteiger charge is -2.13. The van der Waals surface area contributed by atoms with Crippen LogP contribution < -0.4 is 10.6 Å². The Morgan fingerprint density at radius 1 is 1.47 bits per heavy atom. The van der Waals surface area contributed by atoms with Crippen molar-refractivity contribution >= 4 is 5.91 Å². The normalized spacial score (nSPS) is 15.8. The van der Waals surface area contributed by atoms with E-state index >= 15 is 0 Å². The predicted molar refractivity (Wildman–Crippen MR) is 74.6 cm³/mol. The van der Waals surface area contributed by atoms with Crippen LogP contribution in [0, 0.1) is 0 Å². The highest BCUT2D eigenvalue weighted by Crippen LogP contribution is 2.17. The molecule has 5 heteroatoms. The van der Waals surface area contributed by atoms with E-state index in [1.807, 2.05) is 10.8 Å². The Hall–Kier alpha value is -1.36. The lowest BCUT2D eigenvalue weighted by Crippen LogP contribution is -2.35. The van der Waals surface area contributed by atoms with Gasteiger partial charge in [-0.2, -0.15) is 0 Å². The molecule has 1 aromatic heterocycles. The molecule has 1 aliphatic carbocycles. The van der Waals surface area contributed by atoms with Gasteiger partial charge in [-0.25, -0.2) is 4.98 Å². The molecular formula is C14H24N4O. The molecule has 1 aromatic rings. The van der Waals surface area contributed by atoms with Crippen molar-refractivity contribution in [3.63, 3.8) is 0 Å². The third kappa shape index (κ3) is 4.35. The first-order valence-corrected chi connectivity index (χ1v) is 7.29. The molecule has 1 heterocycles. The van der Waals surface area contributed by atoms with Crippen LogP contribution in [0.4, 0.5) is 0 Å². The van der Waals surface area contributed by atoms with Crippen LogP contribution in [-0.2, 0) is 17.9 Å². The van der Waals surface area contributed by atoms with Crippen molar-refractivity contribution in [2.24, 2.45) is 0 Å². The summed E-state index contributed by atoms with van der Waals surface area (Å²) in [5, 5.41) is 6.41. The van der Waals surface area contributed by atoms with Gasteiger partial charge < -0.3 is 15.2 Å². The van der Waals surface area contributed by atoms with Gasteiger partial charge in [0.05, 0.1) is 6.54 Å². The number of hydrogen-bond acceptors (Lipinski definition) is 3. The van der Waals surface area contributed by atoms with Crippen molar-refractivity contribution in [2.45, 2.75) is 58.2 Å². The Kier molecular flexibility index (Phi) is 5.39. The number of rotatable bonds is 7. The van der Waals surface area contributed by atoms with Crippen molar-refractivity contribution < 1.29 is 4.79 Å². The maximum absolute atomic E-state index is 12.0. The lowest BCUT2D eigenvalue weighted by molar-refractivity contribution is -0.122. The van der Waals surface area contributed by atoms with Crippen molar-refractivity contribution in [1.29, 1.82) is 0 Å². The number of aromatic nitrogens is 2. The van der Waals surface area contributed by atoms with Gasteiger partial charge in [0.2, 0.25) is 5.91 Å². The second-order valence-corrected chi connectivity index (χ2v) is 5.20. The maximum Gasteiger partial charge on any atom is 0.240 e. The summed E-state index contributed by atoms with van der Waals surface area (Å²) in [7, 11) is 0. The number of nitrogens with one attached hydrogen (secondary N) is 2. The van der Waals surface area contributed by atoms with Gasteiger partial charge in [-0.1, -0.05) is 19.8 Å². The second kappa shape index (κ2) is 7.28. The van der Waals surface area contributed by atoms with E-state index in [1.54, 1.807) is 6.20 Å². The Bertz CT molecular complexity index is 396. The Balaban J connectivity index is 1.80. The topological polar surface area (TPSA) is 59.0 Å². The number of imidazole rings is 1. The van der Waals surface area contributed by atoms with E-state index in [4.69, 9.17) is 0 Å². The monoisotopic (exact) mass is 264 g/mol. The largest absolute Gasteiger partial charge is 0.352 e. The molecule has 0 atom stereocenters. The van der Waals surface area contributed by atoms with Crippen LogP contribution in [0.3, 0.4) is 0 Å². The van der Waals surface area contributed by atoms with Crippen molar-refractivity contribution in [1.82, 2.24) is 20.2 Å². The van der Waals surface area contributed by atoms with E-state index in [1.165, 1.54) is 12.8 Å². The third-order valence-corrected chi connectivity index (χ3v) is 3.55. The smallest absolute Gasteiger partial charge is 0.240 e. The second-order valence-electron chi connectivity index (χ2n) is 5.20. The summed E-state index contributed by atoms with van der Waals surface area (Å²) in [4.78, 5) is 16.3. The average Bonchev–Trinajstić information content (AvgIpc) is 3.02. The van der Waals surface area contributed by atoms with Crippen LogP contribution in [0.2, 0.25) is 0 Å². The number of hydrogen-bond donors (Lipinski definition) is 2. The van der Waals surface area contributed by atoms with Gasteiger partial charge in [0.15, 0.2) is 0 Å². The summed E-state index contributed by atoms with van der Waals surface area (Å²) < 4.78 is 1.92. The number of carbonyl (C=O) groups excluding carboxylic acids is 1. The highest BCUT2D eigenvalue weighted by molar-refractivity contribution is 5.76. The molecule has 2 N–H and O–H groups in total. The van der Waals surface area contributed by atoms with Crippen molar-refractivity contribution in [3.8, 4) is 0 Å². The molecule has 106 valence electrons. The summed E-state index contributed by atoms with van der Waals surface area (Å²) >= 11 is 0. The molecule has 2 rings (SSSR count). The van der Waals surface area contributed by atoms with E-state index in [0.717, 1.165) is 38.2 Å². The van der Waals surface area contributed by atoms with Crippen LogP contribution in [0.15, 0.2) is 12.4 Å². The highest BCUT2D eigenvalue weighted by Gasteiger charge is 2.17. The zero-order valence-corrected chi connectivity index (χ0v) is 11.7. The molecule has 1 fully saturated rings. The predicted octanol–water partition coefficient (Wildman–Crippen LogP) is 1.44. The molecule has 5 nitrogen and oxygen atoms in total.